The topological polar surface area (TPSA) is 84.0 Å². The lowest BCUT2D eigenvalue weighted by Crippen LogP contribution is -2.48. The summed E-state index contributed by atoms with van der Waals surface area (Å²) in [6, 6.07) is 4.04. The largest absolute Gasteiger partial charge is 0.468 e. The van der Waals surface area contributed by atoms with Crippen molar-refractivity contribution in [2.24, 2.45) is 0 Å². The lowest BCUT2D eigenvalue weighted by atomic mass is 10.1. The zero-order valence-electron chi connectivity index (χ0n) is 14.4. The summed E-state index contributed by atoms with van der Waals surface area (Å²) in [5, 5.41) is 0. The summed E-state index contributed by atoms with van der Waals surface area (Å²) in [6.45, 7) is 2.36. The fraction of sp³-hybridized carbons (Fsp3) is 0.529. The predicted molar refractivity (Wildman–Crippen MR) is 91.7 cm³/mol. The Kier molecular flexibility index (Phi) is 4.83. The molecule has 0 bridgehead atoms. The van der Waals surface area contributed by atoms with Crippen molar-refractivity contribution in [1.29, 1.82) is 0 Å². The fourth-order valence-corrected chi connectivity index (χ4v) is 5.26. The van der Waals surface area contributed by atoms with Crippen molar-refractivity contribution in [3.8, 4) is 0 Å². The van der Waals surface area contributed by atoms with Crippen LogP contribution in [0.25, 0.3) is 0 Å². The van der Waals surface area contributed by atoms with Crippen LogP contribution in [0.2, 0.25) is 0 Å². The van der Waals surface area contributed by atoms with E-state index in [9.17, 15) is 18.0 Å². The zero-order chi connectivity index (χ0) is 18.2. The molecule has 0 aliphatic carbocycles. The van der Waals surface area contributed by atoms with Gasteiger partial charge in [-0.1, -0.05) is 0 Å². The maximum absolute atomic E-state index is 13.1. The summed E-state index contributed by atoms with van der Waals surface area (Å²) in [7, 11) is -2.53. The number of carbonyl (C=O) groups is 2. The summed E-state index contributed by atoms with van der Waals surface area (Å²) >= 11 is 0. The molecule has 0 saturated carbocycles. The van der Waals surface area contributed by atoms with Crippen LogP contribution in [0.4, 0.5) is 5.69 Å². The number of methoxy groups -OCH3 is 1. The Balaban J connectivity index is 1.95. The van der Waals surface area contributed by atoms with Crippen molar-refractivity contribution in [2.75, 3.05) is 25.1 Å². The molecule has 1 atom stereocenters. The summed E-state index contributed by atoms with van der Waals surface area (Å²) in [5.74, 6) is -0.580. The van der Waals surface area contributed by atoms with Crippen LogP contribution in [-0.2, 0) is 30.8 Å². The van der Waals surface area contributed by atoms with Gasteiger partial charge in [0.15, 0.2) is 0 Å². The van der Waals surface area contributed by atoms with Gasteiger partial charge in [-0.05, 0) is 49.4 Å². The smallest absolute Gasteiger partial charge is 0.324 e. The van der Waals surface area contributed by atoms with E-state index in [2.05, 4.69) is 0 Å². The molecule has 1 aromatic carbocycles. The number of anilines is 1. The van der Waals surface area contributed by atoms with Crippen molar-refractivity contribution in [1.82, 2.24) is 4.31 Å². The third kappa shape index (κ3) is 3.16. The van der Waals surface area contributed by atoms with Crippen LogP contribution in [0.1, 0.15) is 31.7 Å². The molecule has 0 radical (unpaired) electrons. The molecule has 136 valence electrons. The second kappa shape index (κ2) is 6.76. The maximum Gasteiger partial charge on any atom is 0.324 e. The van der Waals surface area contributed by atoms with Crippen LogP contribution in [0.3, 0.4) is 0 Å². The summed E-state index contributed by atoms with van der Waals surface area (Å²) in [5.41, 5.74) is 1.59. The van der Waals surface area contributed by atoms with Gasteiger partial charge >= 0.3 is 5.97 Å². The van der Waals surface area contributed by atoms with Gasteiger partial charge in [0.05, 0.1) is 12.0 Å². The Hall–Kier alpha value is -1.93. The number of hydrogen-bond donors (Lipinski definition) is 0. The number of benzene rings is 1. The first-order chi connectivity index (χ1) is 11.9. The van der Waals surface area contributed by atoms with Crippen LogP contribution in [0.15, 0.2) is 23.1 Å². The molecule has 0 spiro atoms. The van der Waals surface area contributed by atoms with Crippen molar-refractivity contribution < 1.29 is 22.7 Å². The Morgan fingerprint density at radius 1 is 1.20 bits per heavy atom. The van der Waals surface area contributed by atoms with E-state index in [-0.39, 0.29) is 10.8 Å². The van der Waals surface area contributed by atoms with Gasteiger partial charge in [0.25, 0.3) is 0 Å². The average molecular weight is 366 g/mol. The van der Waals surface area contributed by atoms with E-state index in [0.717, 1.165) is 24.1 Å². The van der Waals surface area contributed by atoms with Gasteiger partial charge in [0.2, 0.25) is 15.9 Å². The number of ether oxygens (including phenoxy) is 1. The first-order valence-electron chi connectivity index (χ1n) is 8.37. The standard InChI is InChI=1S/C17H22N2O5S/c1-12(20)18-10-8-13-11-14(6-7-15(13)18)25(22,23)19-9-4-3-5-16(19)17(21)24-2/h6-7,11,16H,3-5,8-10H2,1-2H3. The second-order valence-corrected chi connectivity index (χ2v) is 8.25. The first kappa shape index (κ1) is 17.9. The molecule has 1 aromatic rings. The monoisotopic (exact) mass is 366 g/mol. The van der Waals surface area contributed by atoms with Gasteiger partial charge in [-0.3, -0.25) is 9.59 Å². The fourth-order valence-electron chi connectivity index (χ4n) is 3.57. The summed E-state index contributed by atoms with van der Waals surface area (Å²) in [4.78, 5) is 25.4. The molecule has 1 fully saturated rings. The number of nitrogens with zero attached hydrogens (tertiary/aromatic N) is 2. The van der Waals surface area contributed by atoms with Crippen LogP contribution in [0.5, 0.6) is 0 Å². The molecule has 3 rings (SSSR count). The Labute approximate surface area is 147 Å². The van der Waals surface area contributed by atoms with E-state index in [1.165, 1.54) is 24.4 Å². The second-order valence-electron chi connectivity index (χ2n) is 6.36. The Bertz CT molecular complexity index is 805. The molecule has 1 saturated heterocycles. The number of esters is 1. The van der Waals surface area contributed by atoms with Crippen LogP contribution in [0, 0.1) is 0 Å². The van der Waals surface area contributed by atoms with Crippen LogP contribution < -0.4 is 4.90 Å². The van der Waals surface area contributed by atoms with E-state index in [0.29, 0.717) is 25.9 Å². The molecule has 2 aliphatic rings. The maximum atomic E-state index is 13.1. The normalized spacial score (nSPS) is 21.0. The minimum atomic E-state index is -3.80. The highest BCUT2D eigenvalue weighted by molar-refractivity contribution is 7.89. The number of carbonyl (C=O) groups excluding carboxylic acids is 2. The molecule has 1 unspecified atom stereocenters. The molecule has 0 N–H and O–H groups in total. The third-order valence-corrected chi connectivity index (χ3v) is 6.76. The Morgan fingerprint density at radius 2 is 1.96 bits per heavy atom. The molecule has 0 aromatic heterocycles. The highest BCUT2D eigenvalue weighted by atomic mass is 32.2. The molecule has 8 heteroatoms. The first-order valence-corrected chi connectivity index (χ1v) is 9.81. The van der Waals surface area contributed by atoms with E-state index < -0.39 is 22.0 Å². The molecule has 7 nitrogen and oxygen atoms in total. The molecule has 1 amide bonds. The number of sulfonamides is 1. The van der Waals surface area contributed by atoms with E-state index in [1.807, 2.05) is 0 Å². The minimum Gasteiger partial charge on any atom is -0.468 e. The summed E-state index contributed by atoms with van der Waals surface area (Å²) in [6.07, 6.45) is 2.60. The van der Waals surface area contributed by atoms with Gasteiger partial charge in [0, 0.05) is 25.7 Å². The Morgan fingerprint density at radius 3 is 2.64 bits per heavy atom. The molecule has 2 heterocycles. The van der Waals surface area contributed by atoms with Crippen LogP contribution >= 0.6 is 0 Å². The van der Waals surface area contributed by atoms with E-state index in [1.54, 1.807) is 17.0 Å². The van der Waals surface area contributed by atoms with Crippen molar-refractivity contribution >= 4 is 27.6 Å². The highest BCUT2D eigenvalue weighted by Crippen LogP contribution is 2.33. The lowest BCUT2D eigenvalue weighted by molar-refractivity contribution is -0.146. The number of rotatable bonds is 3. The average Bonchev–Trinajstić information content (AvgIpc) is 3.04. The van der Waals surface area contributed by atoms with Gasteiger partial charge < -0.3 is 9.64 Å². The molecular weight excluding hydrogens is 344 g/mol. The molecule has 25 heavy (non-hydrogen) atoms. The zero-order valence-corrected chi connectivity index (χ0v) is 15.2. The number of piperidine rings is 1. The van der Waals surface area contributed by atoms with Gasteiger partial charge in [-0.25, -0.2) is 8.42 Å². The summed E-state index contributed by atoms with van der Waals surface area (Å²) < 4.78 is 32.2. The minimum absolute atomic E-state index is 0.0591. The van der Waals surface area contributed by atoms with E-state index >= 15 is 0 Å². The van der Waals surface area contributed by atoms with E-state index in [4.69, 9.17) is 4.74 Å². The quantitative estimate of drug-likeness (QED) is 0.753. The van der Waals surface area contributed by atoms with Crippen LogP contribution in [-0.4, -0.2) is 50.8 Å². The molecule has 2 aliphatic heterocycles. The highest BCUT2D eigenvalue weighted by Gasteiger charge is 2.38. The third-order valence-electron chi connectivity index (χ3n) is 4.86. The number of amides is 1. The number of fused-ring (bicyclic) bond motifs is 1. The number of hydrogen-bond acceptors (Lipinski definition) is 5. The van der Waals surface area contributed by atoms with Gasteiger partial charge in [-0.2, -0.15) is 4.31 Å². The predicted octanol–water partition coefficient (Wildman–Crippen LogP) is 1.31. The van der Waals surface area contributed by atoms with Gasteiger partial charge in [-0.15, -0.1) is 0 Å². The van der Waals surface area contributed by atoms with Crippen molar-refractivity contribution in [2.45, 2.75) is 43.5 Å². The van der Waals surface area contributed by atoms with Crippen molar-refractivity contribution in [3.05, 3.63) is 23.8 Å². The molecular formula is C17H22N2O5S. The van der Waals surface area contributed by atoms with Crippen molar-refractivity contribution in [3.63, 3.8) is 0 Å². The lowest BCUT2D eigenvalue weighted by Gasteiger charge is -2.32. The van der Waals surface area contributed by atoms with Gasteiger partial charge in [0.1, 0.15) is 6.04 Å². The SMILES string of the molecule is COC(=O)C1CCCCN1S(=O)(=O)c1ccc2c(c1)CCN2C(C)=O.